The SMILES string of the molecule is CCc1cccc(C)c1Nc1cc(C(=O)NCc2ccc(F)cc2)nc(C)n1. The number of carbonyl (C=O) groups is 1. The smallest absolute Gasteiger partial charge is 0.270 e. The second-order valence-electron chi connectivity index (χ2n) is 6.58. The number of hydrogen-bond donors (Lipinski definition) is 2. The van der Waals surface area contributed by atoms with Crippen molar-refractivity contribution >= 4 is 17.4 Å². The predicted octanol–water partition coefficient (Wildman–Crippen LogP) is 4.47. The third-order valence-electron chi connectivity index (χ3n) is 4.43. The van der Waals surface area contributed by atoms with E-state index in [1.807, 2.05) is 19.1 Å². The summed E-state index contributed by atoms with van der Waals surface area (Å²) in [5.74, 6) is 0.463. The minimum Gasteiger partial charge on any atom is -0.347 e. The van der Waals surface area contributed by atoms with Gasteiger partial charge in [-0.15, -0.1) is 0 Å². The van der Waals surface area contributed by atoms with Crippen LogP contribution in [0.15, 0.2) is 48.5 Å². The molecule has 0 aliphatic carbocycles. The molecule has 6 heteroatoms. The fourth-order valence-corrected chi connectivity index (χ4v) is 2.95. The van der Waals surface area contributed by atoms with E-state index in [1.54, 1.807) is 25.1 Å². The fourth-order valence-electron chi connectivity index (χ4n) is 2.95. The topological polar surface area (TPSA) is 66.9 Å². The van der Waals surface area contributed by atoms with Gasteiger partial charge in [0.2, 0.25) is 0 Å². The standard InChI is InChI=1S/C22H23FN4O/c1-4-17-7-5-6-14(2)21(17)27-20-12-19(25-15(3)26-20)22(28)24-13-16-8-10-18(23)11-9-16/h5-12H,4,13H2,1-3H3,(H,24,28)(H,25,26,27). The average Bonchev–Trinajstić information content (AvgIpc) is 2.68. The number of aromatic nitrogens is 2. The molecular formula is C22H23FN4O. The summed E-state index contributed by atoms with van der Waals surface area (Å²) >= 11 is 0. The Hall–Kier alpha value is -3.28. The Balaban J connectivity index is 1.77. The highest BCUT2D eigenvalue weighted by Crippen LogP contribution is 2.24. The molecule has 5 nitrogen and oxygen atoms in total. The molecule has 0 atom stereocenters. The molecule has 0 aliphatic heterocycles. The Morgan fingerprint density at radius 3 is 2.54 bits per heavy atom. The molecule has 0 saturated carbocycles. The van der Waals surface area contributed by atoms with Crippen LogP contribution < -0.4 is 10.6 Å². The van der Waals surface area contributed by atoms with Crippen LogP contribution in [0.25, 0.3) is 0 Å². The monoisotopic (exact) mass is 378 g/mol. The molecule has 3 aromatic rings. The lowest BCUT2D eigenvalue weighted by Gasteiger charge is -2.14. The first-order chi connectivity index (χ1) is 13.5. The molecule has 1 aromatic heterocycles. The highest BCUT2D eigenvalue weighted by Gasteiger charge is 2.12. The van der Waals surface area contributed by atoms with Crippen molar-refractivity contribution in [3.8, 4) is 0 Å². The molecular weight excluding hydrogens is 355 g/mol. The van der Waals surface area contributed by atoms with Gasteiger partial charge in [0.05, 0.1) is 0 Å². The molecule has 2 N–H and O–H groups in total. The molecule has 3 rings (SSSR count). The fraction of sp³-hybridized carbons (Fsp3) is 0.227. The minimum atomic E-state index is -0.307. The summed E-state index contributed by atoms with van der Waals surface area (Å²) in [6.07, 6.45) is 0.888. The Labute approximate surface area is 164 Å². The Morgan fingerprint density at radius 2 is 1.82 bits per heavy atom. The third kappa shape index (κ3) is 4.71. The van der Waals surface area contributed by atoms with E-state index in [-0.39, 0.29) is 17.4 Å². The lowest BCUT2D eigenvalue weighted by Crippen LogP contribution is -2.24. The molecule has 1 amide bonds. The first-order valence-corrected chi connectivity index (χ1v) is 9.20. The van der Waals surface area contributed by atoms with Crippen LogP contribution >= 0.6 is 0 Å². The van der Waals surface area contributed by atoms with Crippen LogP contribution in [0.1, 0.15) is 39.9 Å². The van der Waals surface area contributed by atoms with Crippen LogP contribution in [-0.4, -0.2) is 15.9 Å². The molecule has 0 aliphatic rings. The zero-order chi connectivity index (χ0) is 20.1. The third-order valence-corrected chi connectivity index (χ3v) is 4.43. The minimum absolute atomic E-state index is 0.281. The summed E-state index contributed by atoms with van der Waals surface area (Å²) in [5, 5.41) is 6.14. The van der Waals surface area contributed by atoms with E-state index in [4.69, 9.17) is 0 Å². The van der Waals surface area contributed by atoms with Crippen LogP contribution in [0.5, 0.6) is 0 Å². The maximum absolute atomic E-state index is 13.0. The summed E-state index contributed by atoms with van der Waals surface area (Å²) in [5.41, 5.74) is 4.38. The number of halogens is 1. The normalized spacial score (nSPS) is 10.6. The van der Waals surface area contributed by atoms with Crippen molar-refractivity contribution in [1.29, 1.82) is 0 Å². The summed E-state index contributed by atoms with van der Waals surface area (Å²) in [6.45, 7) is 6.18. The van der Waals surface area contributed by atoms with Crippen molar-refractivity contribution < 1.29 is 9.18 Å². The summed E-state index contributed by atoms with van der Waals surface area (Å²) in [6, 6.07) is 13.8. The Bertz CT molecular complexity index is 986. The van der Waals surface area contributed by atoms with Crippen LogP contribution in [0, 0.1) is 19.7 Å². The van der Waals surface area contributed by atoms with E-state index in [2.05, 4.69) is 33.6 Å². The van der Waals surface area contributed by atoms with Gasteiger partial charge in [-0.25, -0.2) is 14.4 Å². The van der Waals surface area contributed by atoms with Gasteiger partial charge in [-0.1, -0.05) is 37.3 Å². The first kappa shape index (κ1) is 19.5. The van der Waals surface area contributed by atoms with Gasteiger partial charge in [-0.05, 0) is 49.1 Å². The molecule has 144 valence electrons. The number of hydrogen-bond acceptors (Lipinski definition) is 4. The zero-order valence-corrected chi connectivity index (χ0v) is 16.2. The van der Waals surface area contributed by atoms with Gasteiger partial charge in [-0.3, -0.25) is 4.79 Å². The van der Waals surface area contributed by atoms with Crippen molar-refractivity contribution in [2.75, 3.05) is 5.32 Å². The van der Waals surface area contributed by atoms with Crippen LogP contribution in [0.2, 0.25) is 0 Å². The quantitative estimate of drug-likeness (QED) is 0.664. The number of para-hydroxylation sites is 1. The molecule has 0 spiro atoms. The lowest BCUT2D eigenvalue weighted by molar-refractivity contribution is 0.0945. The number of rotatable bonds is 6. The zero-order valence-electron chi connectivity index (χ0n) is 16.2. The van der Waals surface area contributed by atoms with Crippen LogP contribution in [-0.2, 0) is 13.0 Å². The number of amides is 1. The summed E-state index contributed by atoms with van der Waals surface area (Å²) in [7, 11) is 0. The van der Waals surface area contributed by atoms with Gasteiger partial charge in [-0.2, -0.15) is 0 Å². The summed E-state index contributed by atoms with van der Waals surface area (Å²) in [4.78, 5) is 21.2. The number of anilines is 2. The molecule has 28 heavy (non-hydrogen) atoms. The largest absolute Gasteiger partial charge is 0.347 e. The van der Waals surface area contributed by atoms with E-state index in [0.717, 1.165) is 23.2 Å². The maximum Gasteiger partial charge on any atom is 0.270 e. The van der Waals surface area contributed by atoms with Crippen molar-refractivity contribution in [3.05, 3.63) is 82.6 Å². The molecule has 2 aromatic carbocycles. The maximum atomic E-state index is 13.0. The lowest BCUT2D eigenvalue weighted by atomic mass is 10.1. The number of carbonyl (C=O) groups excluding carboxylic acids is 1. The van der Waals surface area contributed by atoms with E-state index < -0.39 is 0 Å². The highest BCUT2D eigenvalue weighted by molar-refractivity contribution is 5.93. The van der Waals surface area contributed by atoms with Gasteiger partial charge in [0.15, 0.2) is 0 Å². The van der Waals surface area contributed by atoms with Crippen LogP contribution in [0.4, 0.5) is 15.9 Å². The van der Waals surface area contributed by atoms with E-state index >= 15 is 0 Å². The van der Waals surface area contributed by atoms with Gasteiger partial charge >= 0.3 is 0 Å². The average molecular weight is 378 g/mol. The second kappa shape index (κ2) is 8.61. The Kier molecular flexibility index (Phi) is 5.99. The van der Waals surface area contributed by atoms with E-state index in [9.17, 15) is 9.18 Å². The van der Waals surface area contributed by atoms with Crippen LogP contribution in [0.3, 0.4) is 0 Å². The van der Waals surface area contributed by atoms with E-state index in [1.165, 1.54) is 17.7 Å². The number of nitrogens with one attached hydrogen (secondary N) is 2. The van der Waals surface area contributed by atoms with Crippen molar-refractivity contribution in [2.45, 2.75) is 33.7 Å². The Morgan fingerprint density at radius 1 is 1.07 bits per heavy atom. The first-order valence-electron chi connectivity index (χ1n) is 9.20. The molecule has 0 radical (unpaired) electrons. The highest BCUT2D eigenvalue weighted by atomic mass is 19.1. The molecule has 0 fully saturated rings. The molecule has 0 bridgehead atoms. The van der Waals surface area contributed by atoms with Gasteiger partial charge < -0.3 is 10.6 Å². The number of benzene rings is 2. The van der Waals surface area contributed by atoms with Gasteiger partial charge in [0.1, 0.15) is 23.2 Å². The molecule has 0 saturated heterocycles. The molecule has 1 heterocycles. The van der Waals surface area contributed by atoms with Crippen molar-refractivity contribution in [2.24, 2.45) is 0 Å². The van der Waals surface area contributed by atoms with Crippen molar-refractivity contribution in [1.82, 2.24) is 15.3 Å². The predicted molar refractivity (Wildman–Crippen MR) is 108 cm³/mol. The molecule has 0 unspecified atom stereocenters. The van der Waals surface area contributed by atoms with Gasteiger partial charge in [0.25, 0.3) is 5.91 Å². The van der Waals surface area contributed by atoms with Crippen molar-refractivity contribution in [3.63, 3.8) is 0 Å². The second-order valence-corrected chi connectivity index (χ2v) is 6.58. The van der Waals surface area contributed by atoms with E-state index in [0.29, 0.717) is 18.2 Å². The number of nitrogens with zero attached hydrogens (tertiary/aromatic N) is 2. The van der Waals surface area contributed by atoms with Gasteiger partial charge in [0, 0.05) is 18.3 Å². The summed E-state index contributed by atoms with van der Waals surface area (Å²) < 4.78 is 13.0. The number of aryl methyl sites for hydroxylation is 3.